The molecule has 5 rings (SSSR count). The van der Waals surface area contributed by atoms with Gasteiger partial charge < -0.3 is 10.4 Å². The zero-order valence-corrected chi connectivity index (χ0v) is 17.7. The number of fused-ring (bicyclic) bond motifs is 1. The van der Waals surface area contributed by atoms with Crippen molar-refractivity contribution in [3.8, 4) is 39.3 Å². The van der Waals surface area contributed by atoms with Crippen molar-refractivity contribution in [1.29, 1.82) is 0 Å². The molecule has 0 radical (unpaired) electrons. The summed E-state index contributed by atoms with van der Waals surface area (Å²) >= 11 is 0. The molecule has 2 aromatic heterocycles. The van der Waals surface area contributed by atoms with E-state index in [0.717, 1.165) is 22.4 Å². The maximum Gasteiger partial charge on any atom is 0.282 e. The largest absolute Gasteiger partial charge is 0.508 e. The van der Waals surface area contributed by atoms with Crippen molar-refractivity contribution in [3.63, 3.8) is 0 Å². The number of rotatable bonds is 4. The Morgan fingerprint density at radius 2 is 1.42 bits per heavy atom. The molecule has 0 atom stereocenters. The first kappa shape index (κ1) is 20.3. The second-order valence-corrected chi connectivity index (χ2v) is 7.62. The molecule has 0 fully saturated rings. The lowest BCUT2D eigenvalue weighted by Crippen LogP contribution is -2.21. The standard InChI is InChI=1S/C26H20N4O3/c1-16(31)27-24-22(18-12-14-20(32)15-13-18)26(33)30-25(28-24)21(17-8-4-2-5-9-17)23(29-30)19-10-6-3-7-11-19/h2-15,29,32H,1H3,(H,27,31). The first-order chi connectivity index (χ1) is 16.0. The highest BCUT2D eigenvalue weighted by Gasteiger charge is 2.23. The van der Waals surface area contributed by atoms with Crippen LogP contribution >= 0.6 is 0 Å². The van der Waals surface area contributed by atoms with Crippen LogP contribution < -0.4 is 10.9 Å². The summed E-state index contributed by atoms with van der Waals surface area (Å²) < 4.78 is 1.40. The number of nitrogens with zero attached hydrogens (tertiary/aromatic N) is 2. The van der Waals surface area contributed by atoms with Crippen molar-refractivity contribution in [2.24, 2.45) is 0 Å². The average Bonchev–Trinajstić information content (AvgIpc) is 3.21. The molecule has 7 heteroatoms. The van der Waals surface area contributed by atoms with E-state index >= 15 is 0 Å². The van der Waals surface area contributed by atoms with Crippen LogP contribution in [0.1, 0.15) is 6.92 Å². The number of anilines is 1. The van der Waals surface area contributed by atoms with E-state index in [0.29, 0.717) is 11.2 Å². The van der Waals surface area contributed by atoms with Gasteiger partial charge in [0.1, 0.15) is 11.6 Å². The van der Waals surface area contributed by atoms with E-state index in [1.165, 1.54) is 23.6 Å². The summed E-state index contributed by atoms with van der Waals surface area (Å²) in [6, 6.07) is 25.6. The van der Waals surface area contributed by atoms with Crippen molar-refractivity contribution in [1.82, 2.24) is 14.6 Å². The van der Waals surface area contributed by atoms with Crippen molar-refractivity contribution in [2.45, 2.75) is 6.92 Å². The number of carbonyl (C=O) groups excluding carboxylic acids is 1. The van der Waals surface area contributed by atoms with E-state index in [1.807, 2.05) is 60.7 Å². The molecule has 3 N–H and O–H groups in total. The number of amides is 1. The van der Waals surface area contributed by atoms with Crippen LogP contribution in [0.25, 0.3) is 39.2 Å². The quantitative estimate of drug-likeness (QED) is 0.381. The first-order valence-electron chi connectivity index (χ1n) is 10.4. The van der Waals surface area contributed by atoms with E-state index in [-0.39, 0.29) is 28.6 Å². The molecule has 0 saturated carbocycles. The number of phenolic OH excluding ortho intramolecular Hbond substituents is 1. The second kappa shape index (κ2) is 8.12. The maximum absolute atomic E-state index is 13.7. The van der Waals surface area contributed by atoms with Gasteiger partial charge in [0.25, 0.3) is 5.56 Å². The zero-order chi connectivity index (χ0) is 22.9. The van der Waals surface area contributed by atoms with Gasteiger partial charge in [-0.1, -0.05) is 72.8 Å². The van der Waals surface area contributed by atoms with E-state index in [2.05, 4.69) is 10.4 Å². The lowest BCUT2D eigenvalue weighted by Gasteiger charge is -2.10. The van der Waals surface area contributed by atoms with Crippen molar-refractivity contribution >= 4 is 17.4 Å². The summed E-state index contributed by atoms with van der Waals surface area (Å²) in [5.41, 5.74) is 4.06. The Labute approximate surface area is 189 Å². The minimum atomic E-state index is -0.367. The van der Waals surface area contributed by atoms with Gasteiger partial charge in [0.2, 0.25) is 5.91 Å². The Hall–Kier alpha value is -4.65. The third-order valence-electron chi connectivity index (χ3n) is 5.36. The Morgan fingerprint density at radius 3 is 2.03 bits per heavy atom. The SMILES string of the molecule is CC(=O)Nc1nc2c(-c3ccccc3)c(-c3ccccc3)[nH]n2c(=O)c1-c1ccc(O)cc1. The van der Waals surface area contributed by atoms with Gasteiger partial charge in [-0.25, -0.2) is 4.98 Å². The molecule has 0 aliphatic carbocycles. The molecular weight excluding hydrogens is 416 g/mol. The minimum Gasteiger partial charge on any atom is -0.508 e. The fourth-order valence-electron chi connectivity index (χ4n) is 3.91. The third-order valence-corrected chi connectivity index (χ3v) is 5.36. The number of aromatic hydroxyl groups is 1. The van der Waals surface area contributed by atoms with E-state index in [9.17, 15) is 14.7 Å². The Morgan fingerprint density at radius 1 is 0.848 bits per heavy atom. The molecule has 1 amide bonds. The molecule has 3 aromatic carbocycles. The van der Waals surface area contributed by atoms with Crippen LogP contribution in [0.3, 0.4) is 0 Å². The van der Waals surface area contributed by atoms with Crippen molar-refractivity contribution in [2.75, 3.05) is 5.32 Å². The number of phenols is 1. The van der Waals surface area contributed by atoms with Crippen molar-refractivity contribution in [3.05, 3.63) is 95.3 Å². The number of nitrogens with one attached hydrogen (secondary N) is 2. The third kappa shape index (κ3) is 3.65. The summed E-state index contributed by atoms with van der Waals surface area (Å²) in [6.07, 6.45) is 0. The Balaban J connectivity index is 1.89. The molecule has 2 heterocycles. The number of aromatic nitrogens is 3. The van der Waals surface area contributed by atoms with Crippen LogP contribution in [-0.2, 0) is 4.79 Å². The topological polar surface area (TPSA) is 99.5 Å². The average molecular weight is 436 g/mol. The van der Waals surface area contributed by atoms with Gasteiger partial charge in [-0.15, -0.1) is 0 Å². The highest BCUT2D eigenvalue weighted by molar-refractivity contribution is 5.95. The molecule has 0 bridgehead atoms. The molecule has 0 spiro atoms. The van der Waals surface area contributed by atoms with Gasteiger partial charge in [0, 0.05) is 12.5 Å². The highest BCUT2D eigenvalue weighted by atomic mass is 16.3. The molecule has 0 aliphatic rings. The second-order valence-electron chi connectivity index (χ2n) is 7.62. The van der Waals surface area contributed by atoms with Crippen LogP contribution in [0.2, 0.25) is 0 Å². The van der Waals surface area contributed by atoms with Crippen LogP contribution in [0, 0.1) is 0 Å². The van der Waals surface area contributed by atoms with E-state index < -0.39 is 0 Å². The maximum atomic E-state index is 13.7. The number of H-pyrrole nitrogens is 1. The molecule has 33 heavy (non-hydrogen) atoms. The summed E-state index contributed by atoms with van der Waals surface area (Å²) in [4.78, 5) is 30.4. The number of aromatic amines is 1. The molecule has 5 aromatic rings. The van der Waals surface area contributed by atoms with Crippen LogP contribution in [0.5, 0.6) is 5.75 Å². The predicted octanol–water partition coefficient (Wildman–Crippen LogP) is 4.69. The number of hydrogen-bond acceptors (Lipinski definition) is 4. The van der Waals surface area contributed by atoms with Gasteiger partial charge in [-0.2, -0.15) is 4.52 Å². The first-order valence-corrected chi connectivity index (χ1v) is 10.4. The Kier molecular flexibility index (Phi) is 4.99. The normalized spacial score (nSPS) is 10.9. The highest BCUT2D eigenvalue weighted by Crippen LogP contribution is 2.35. The van der Waals surface area contributed by atoms with Crippen molar-refractivity contribution < 1.29 is 9.90 Å². The minimum absolute atomic E-state index is 0.0755. The van der Waals surface area contributed by atoms with Crippen LogP contribution in [0.15, 0.2) is 89.7 Å². The predicted molar refractivity (Wildman–Crippen MR) is 128 cm³/mol. The zero-order valence-electron chi connectivity index (χ0n) is 17.7. The number of benzene rings is 3. The van der Waals surface area contributed by atoms with Gasteiger partial charge >= 0.3 is 0 Å². The molecule has 0 aliphatic heterocycles. The van der Waals surface area contributed by atoms with Gasteiger partial charge in [-0.05, 0) is 23.3 Å². The number of carbonyl (C=O) groups is 1. The van der Waals surface area contributed by atoms with E-state index in [1.54, 1.807) is 12.1 Å². The fourth-order valence-corrected chi connectivity index (χ4v) is 3.91. The van der Waals surface area contributed by atoms with Gasteiger partial charge in [0.15, 0.2) is 5.65 Å². The summed E-state index contributed by atoms with van der Waals surface area (Å²) in [7, 11) is 0. The van der Waals surface area contributed by atoms with Crippen LogP contribution in [0.4, 0.5) is 5.82 Å². The summed E-state index contributed by atoms with van der Waals surface area (Å²) in [6.45, 7) is 1.37. The Bertz CT molecular complexity index is 1520. The lowest BCUT2D eigenvalue weighted by molar-refractivity contribution is -0.114. The van der Waals surface area contributed by atoms with Gasteiger partial charge in [0.05, 0.1) is 16.8 Å². The molecule has 7 nitrogen and oxygen atoms in total. The molecule has 0 saturated heterocycles. The monoisotopic (exact) mass is 436 g/mol. The summed E-state index contributed by atoms with van der Waals surface area (Å²) in [5.74, 6) is -0.105. The lowest BCUT2D eigenvalue weighted by atomic mass is 10.0. The van der Waals surface area contributed by atoms with Crippen LogP contribution in [-0.4, -0.2) is 25.6 Å². The molecular formula is C26H20N4O3. The summed E-state index contributed by atoms with van der Waals surface area (Å²) in [5, 5.41) is 15.6. The molecule has 162 valence electrons. The fraction of sp³-hybridized carbons (Fsp3) is 0.0385. The smallest absolute Gasteiger partial charge is 0.282 e. The number of hydrogen-bond donors (Lipinski definition) is 3. The molecule has 0 unspecified atom stereocenters. The van der Waals surface area contributed by atoms with E-state index in [4.69, 9.17) is 4.98 Å². The van der Waals surface area contributed by atoms with Gasteiger partial charge in [-0.3, -0.25) is 14.7 Å².